The van der Waals surface area contributed by atoms with E-state index in [2.05, 4.69) is 47.2 Å². The molecule has 0 amide bonds. The maximum Gasteiger partial charge on any atom is 0.175 e. The molecule has 0 bridgehead atoms. The van der Waals surface area contributed by atoms with Gasteiger partial charge in [-0.15, -0.1) is 0 Å². The molecule has 1 aromatic carbocycles. The third-order valence-corrected chi connectivity index (χ3v) is 3.94. The number of halogens is 1. The summed E-state index contributed by atoms with van der Waals surface area (Å²) in [6.07, 6.45) is 6.14. The van der Waals surface area contributed by atoms with Crippen LogP contribution in [0.2, 0.25) is 0 Å². The van der Waals surface area contributed by atoms with Crippen molar-refractivity contribution in [3.05, 3.63) is 22.2 Å². The minimum Gasteiger partial charge on any atom is -0.490 e. The van der Waals surface area contributed by atoms with Crippen molar-refractivity contribution in [1.29, 1.82) is 0 Å². The second-order valence-corrected chi connectivity index (χ2v) is 6.28. The Kier molecular flexibility index (Phi) is 10.3. The van der Waals surface area contributed by atoms with Gasteiger partial charge in [-0.1, -0.05) is 33.1 Å². The molecule has 0 saturated heterocycles. The van der Waals surface area contributed by atoms with Gasteiger partial charge in [0, 0.05) is 6.54 Å². The molecule has 0 fully saturated rings. The molecule has 3 nitrogen and oxygen atoms in total. The summed E-state index contributed by atoms with van der Waals surface area (Å²) < 4.78 is 12.5. The molecular formula is C18H30BrNO2. The van der Waals surface area contributed by atoms with Crippen LogP contribution in [0.1, 0.15) is 58.4 Å². The van der Waals surface area contributed by atoms with Crippen LogP contribution < -0.4 is 14.8 Å². The fourth-order valence-electron chi connectivity index (χ4n) is 2.24. The van der Waals surface area contributed by atoms with Gasteiger partial charge in [-0.25, -0.2) is 0 Å². The molecule has 0 spiro atoms. The fourth-order valence-corrected chi connectivity index (χ4v) is 2.84. The zero-order valence-electron chi connectivity index (χ0n) is 14.2. The Morgan fingerprint density at radius 3 is 2.50 bits per heavy atom. The van der Waals surface area contributed by atoms with Crippen LogP contribution in [0.15, 0.2) is 16.6 Å². The summed E-state index contributed by atoms with van der Waals surface area (Å²) in [5.74, 6) is 1.64. The molecular weight excluding hydrogens is 342 g/mol. The molecule has 126 valence electrons. The number of hydrogen-bond acceptors (Lipinski definition) is 3. The summed E-state index contributed by atoms with van der Waals surface area (Å²) in [5, 5.41) is 3.50. The number of benzene rings is 1. The molecule has 0 unspecified atom stereocenters. The fraction of sp³-hybridized carbons (Fsp3) is 0.667. The number of nitrogens with one attached hydrogen (secondary N) is 1. The summed E-state index contributed by atoms with van der Waals surface area (Å²) in [6.45, 7) is 9.61. The van der Waals surface area contributed by atoms with E-state index in [4.69, 9.17) is 9.47 Å². The largest absolute Gasteiger partial charge is 0.490 e. The van der Waals surface area contributed by atoms with Crippen molar-refractivity contribution >= 4 is 15.9 Å². The minimum atomic E-state index is 0.642. The Morgan fingerprint density at radius 1 is 1.00 bits per heavy atom. The van der Waals surface area contributed by atoms with E-state index in [0.29, 0.717) is 13.2 Å². The van der Waals surface area contributed by atoms with E-state index >= 15 is 0 Å². The van der Waals surface area contributed by atoms with Crippen molar-refractivity contribution < 1.29 is 9.47 Å². The first-order chi connectivity index (χ1) is 10.7. The Hall–Kier alpha value is -0.740. The highest BCUT2D eigenvalue weighted by atomic mass is 79.9. The number of hydrogen-bond donors (Lipinski definition) is 1. The van der Waals surface area contributed by atoms with Gasteiger partial charge in [-0.3, -0.25) is 0 Å². The van der Waals surface area contributed by atoms with Crippen molar-refractivity contribution in [2.24, 2.45) is 0 Å². The van der Waals surface area contributed by atoms with Crippen LogP contribution in [0.3, 0.4) is 0 Å². The maximum absolute atomic E-state index is 5.80. The van der Waals surface area contributed by atoms with E-state index in [-0.39, 0.29) is 0 Å². The van der Waals surface area contributed by atoms with Crippen LogP contribution in [-0.2, 0) is 6.54 Å². The molecule has 0 aliphatic carbocycles. The standard InChI is InChI=1S/C18H30BrNO2/c1-4-7-8-9-10-20-14-15-12-16(19)18(22-11-5-2)17(13-15)21-6-3/h12-13,20H,4-11,14H2,1-3H3. The van der Waals surface area contributed by atoms with E-state index in [1.165, 1.54) is 31.2 Å². The Labute approximate surface area is 143 Å². The number of unbranched alkanes of at least 4 members (excludes halogenated alkanes) is 3. The van der Waals surface area contributed by atoms with Crippen LogP contribution >= 0.6 is 15.9 Å². The van der Waals surface area contributed by atoms with Gasteiger partial charge < -0.3 is 14.8 Å². The smallest absolute Gasteiger partial charge is 0.175 e. The van der Waals surface area contributed by atoms with Crippen LogP contribution in [-0.4, -0.2) is 19.8 Å². The highest BCUT2D eigenvalue weighted by Crippen LogP contribution is 2.37. The minimum absolute atomic E-state index is 0.642. The monoisotopic (exact) mass is 371 g/mol. The molecule has 0 aliphatic rings. The van der Waals surface area contributed by atoms with Gasteiger partial charge >= 0.3 is 0 Å². The third kappa shape index (κ3) is 7.01. The topological polar surface area (TPSA) is 30.5 Å². The lowest BCUT2D eigenvalue weighted by Gasteiger charge is -2.15. The van der Waals surface area contributed by atoms with Crippen LogP contribution in [0.25, 0.3) is 0 Å². The van der Waals surface area contributed by atoms with E-state index in [1.807, 2.05) is 6.92 Å². The van der Waals surface area contributed by atoms with Crippen LogP contribution in [0.5, 0.6) is 11.5 Å². The van der Waals surface area contributed by atoms with Crippen LogP contribution in [0, 0.1) is 0 Å². The van der Waals surface area contributed by atoms with Crippen LogP contribution in [0.4, 0.5) is 0 Å². The normalized spacial score (nSPS) is 10.7. The Morgan fingerprint density at radius 2 is 1.82 bits per heavy atom. The SMILES string of the molecule is CCCCCCNCc1cc(Br)c(OCCC)c(OCC)c1. The average molecular weight is 372 g/mol. The summed E-state index contributed by atoms with van der Waals surface area (Å²) in [7, 11) is 0. The van der Waals surface area contributed by atoms with E-state index < -0.39 is 0 Å². The molecule has 0 radical (unpaired) electrons. The molecule has 1 rings (SSSR count). The van der Waals surface area contributed by atoms with E-state index in [0.717, 1.165) is 35.5 Å². The molecule has 0 aromatic heterocycles. The van der Waals surface area contributed by atoms with E-state index in [9.17, 15) is 0 Å². The second-order valence-electron chi connectivity index (χ2n) is 5.42. The van der Waals surface area contributed by atoms with Gasteiger partial charge in [0.05, 0.1) is 17.7 Å². The Balaban J connectivity index is 2.60. The molecule has 0 atom stereocenters. The average Bonchev–Trinajstić information content (AvgIpc) is 2.50. The zero-order valence-corrected chi connectivity index (χ0v) is 15.8. The predicted octanol–water partition coefficient (Wildman–Crippen LogP) is 5.31. The lowest BCUT2D eigenvalue weighted by molar-refractivity contribution is 0.275. The van der Waals surface area contributed by atoms with Gasteiger partial charge in [0.2, 0.25) is 0 Å². The highest BCUT2D eigenvalue weighted by Gasteiger charge is 2.12. The van der Waals surface area contributed by atoms with Crippen molar-refractivity contribution in [1.82, 2.24) is 5.32 Å². The summed E-state index contributed by atoms with van der Waals surface area (Å²) in [4.78, 5) is 0. The predicted molar refractivity (Wildman–Crippen MR) is 96.9 cm³/mol. The van der Waals surface area contributed by atoms with Crippen molar-refractivity contribution in [3.8, 4) is 11.5 Å². The lowest BCUT2D eigenvalue weighted by atomic mass is 10.2. The van der Waals surface area contributed by atoms with Crippen molar-refractivity contribution in [3.63, 3.8) is 0 Å². The van der Waals surface area contributed by atoms with Gasteiger partial charge in [0.1, 0.15) is 0 Å². The zero-order chi connectivity index (χ0) is 16.2. The number of rotatable bonds is 12. The molecule has 4 heteroatoms. The molecule has 0 heterocycles. The third-order valence-electron chi connectivity index (χ3n) is 3.36. The molecule has 0 saturated carbocycles. The summed E-state index contributed by atoms with van der Waals surface area (Å²) in [6, 6.07) is 4.20. The van der Waals surface area contributed by atoms with Gasteiger partial charge in [0.25, 0.3) is 0 Å². The van der Waals surface area contributed by atoms with Gasteiger partial charge in [0.15, 0.2) is 11.5 Å². The van der Waals surface area contributed by atoms with Gasteiger partial charge in [-0.05, 0) is 59.9 Å². The van der Waals surface area contributed by atoms with Crippen molar-refractivity contribution in [2.75, 3.05) is 19.8 Å². The van der Waals surface area contributed by atoms with Crippen molar-refractivity contribution in [2.45, 2.75) is 59.4 Å². The summed E-state index contributed by atoms with van der Waals surface area (Å²) >= 11 is 3.61. The Bertz CT molecular complexity index is 424. The molecule has 0 aliphatic heterocycles. The maximum atomic E-state index is 5.80. The molecule has 1 aromatic rings. The summed E-state index contributed by atoms with van der Waals surface area (Å²) in [5.41, 5.74) is 1.22. The first-order valence-electron chi connectivity index (χ1n) is 8.51. The van der Waals surface area contributed by atoms with E-state index in [1.54, 1.807) is 0 Å². The highest BCUT2D eigenvalue weighted by molar-refractivity contribution is 9.10. The lowest BCUT2D eigenvalue weighted by Crippen LogP contribution is -2.15. The first-order valence-corrected chi connectivity index (χ1v) is 9.30. The quantitative estimate of drug-likeness (QED) is 0.505. The molecule has 22 heavy (non-hydrogen) atoms. The van der Waals surface area contributed by atoms with Gasteiger partial charge in [-0.2, -0.15) is 0 Å². The molecule has 1 N–H and O–H groups in total. The number of ether oxygens (including phenoxy) is 2. The second kappa shape index (κ2) is 11.8. The first kappa shape index (κ1) is 19.3.